The van der Waals surface area contributed by atoms with Crippen molar-refractivity contribution in [3.05, 3.63) is 36.8 Å². The van der Waals surface area contributed by atoms with Gasteiger partial charge in [0.2, 0.25) is 0 Å². The zero-order valence-corrected chi connectivity index (χ0v) is 5.17. The van der Waals surface area contributed by atoms with Gasteiger partial charge in [0.15, 0.2) is 0 Å². The summed E-state index contributed by atoms with van der Waals surface area (Å²) < 4.78 is 0. The average Bonchev–Trinajstić information content (AvgIpc) is 1.88. The van der Waals surface area contributed by atoms with E-state index in [9.17, 15) is 0 Å². The fourth-order valence-corrected chi connectivity index (χ4v) is 0.712. The van der Waals surface area contributed by atoms with E-state index in [2.05, 4.69) is 6.92 Å². The van der Waals surface area contributed by atoms with E-state index in [0.717, 1.165) is 12.0 Å². The number of hydrogen-bond acceptors (Lipinski definition) is 1. The zero-order valence-electron chi connectivity index (χ0n) is 5.17. The molecule has 1 nitrogen and oxygen atoms in total. The van der Waals surface area contributed by atoms with Gasteiger partial charge in [-0.2, -0.15) is 0 Å². The van der Waals surface area contributed by atoms with Gasteiger partial charge in [-0.3, -0.25) is 0 Å². The first-order chi connectivity index (χ1) is 4.33. The van der Waals surface area contributed by atoms with Crippen LogP contribution in [-0.4, -0.2) is 5.11 Å². The van der Waals surface area contributed by atoms with Gasteiger partial charge in [0.05, 0.1) is 0 Å². The summed E-state index contributed by atoms with van der Waals surface area (Å²) in [7, 11) is 0. The minimum atomic E-state index is 0.316. The molecule has 0 aliphatic heterocycles. The van der Waals surface area contributed by atoms with E-state index in [4.69, 9.17) is 5.11 Å². The van der Waals surface area contributed by atoms with Crippen molar-refractivity contribution >= 4 is 0 Å². The third kappa shape index (κ3) is 1.46. The van der Waals surface area contributed by atoms with Gasteiger partial charge < -0.3 is 5.11 Å². The quantitative estimate of drug-likeness (QED) is 0.600. The summed E-state index contributed by atoms with van der Waals surface area (Å²) in [6.07, 6.45) is 0.731. The summed E-state index contributed by atoms with van der Waals surface area (Å²) in [4.78, 5) is 0. The van der Waals surface area contributed by atoms with Gasteiger partial charge in [-0.15, -0.1) is 0 Å². The van der Waals surface area contributed by atoms with Crippen LogP contribution in [0.5, 0.6) is 5.75 Å². The van der Waals surface area contributed by atoms with Crippen LogP contribution in [0.1, 0.15) is 5.56 Å². The number of benzene rings is 1. The van der Waals surface area contributed by atoms with E-state index in [1.807, 2.05) is 12.1 Å². The molecule has 1 N–H and O–H groups in total. The predicted molar refractivity (Wildman–Crippen MR) is 37.2 cm³/mol. The molecular weight excluding hydrogens is 112 g/mol. The number of aromatic hydroxyl groups is 1. The molecule has 0 fully saturated rings. The van der Waals surface area contributed by atoms with Crippen molar-refractivity contribution in [1.82, 2.24) is 0 Å². The van der Waals surface area contributed by atoms with Gasteiger partial charge in [-0.1, -0.05) is 12.1 Å². The Bertz CT molecular complexity index is 194. The predicted octanol–water partition coefficient (Wildman–Crippen LogP) is 1.77. The summed E-state index contributed by atoms with van der Waals surface area (Å²) in [5.41, 5.74) is 1.06. The Morgan fingerprint density at radius 1 is 1.44 bits per heavy atom. The molecule has 1 heteroatoms. The molecule has 0 aliphatic rings. The Kier molecular flexibility index (Phi) is 1.73. The molecule has 0 heterocycles. The first-order valence-electron chi connectivity index (χ1n) is 2.90. The third-order valence-corrected chi connectivity index (χ3v) is 1.20. The van der Waals surface area contributed by atoms with Gasteiger partial charge in [0.25, 0.3) is 0 Å². The molecule has 0 saturated heterocycles. The molecule has 0 spiro atoms. The minimum absolute atomic E-state index is 0.316. The molecule has 0 aromatic heterocycles. The average molecular weight is 121 g/mol. The molecule has 0 bridgehead atoms. The van der Waals surface area contributed by atoms with Crippen molar-refractivity contribution in [3.63, 3.8) is 0 Å². The Morgan fingerprint density at radius 2 is 2.22 bits per heavy atom. The number of phenols is 1. The van der Waals surface area contributed by atoms with Crippen LogP contribution in [0.3, 0.4) is 0 Å². The fourth-order valence-electron chi connectivity index (χ4n) is 0.712. The van der Waals surface area contributed by atoms with Crippen molar-refractivity contribution in [2.75, 3.05) is 0 Å². The van der Waals surface area contributed by atoms with E-state index in [1.54, 1.807) is 12.1 Å². The van der Waals surface area contributed by atoms with Crippen LogP contribution < -0.4 is 0 Å². The SMILES string of the molecule is [CH2]Cc1cccc(O)c1. The van der Waals surface area contributed by atoms with E-state index in [0.29, 0.717) is 5.75 Å². The molecule has 1 radical (unpaired) electrons. The van der Waals surface area contributed by atoms with Crippen LogP contribution in [0.4, 0.5) is 0 Å². The maximum atomic E-state index is 8.92. The summed E-state index contributed by atoms with van der Waals surface area (Å²) >= 11 is 0. The highest BCUT2D eigenvalue weighted by Crippen LogP contribution is 2.10. The molecule has 0 unspecified atom stereocenters. The Balaban J connectivity index is 2.94. The molecule has 47 valence electrons. The smallest absolute Gasteiger partial charge is 0.115 e. The monoisotopic (exact) mass is 121 g/mol. The topological polar surface area (TPSA) is 20.2 Å². The van der Waals surface area contributed by atoms with E-state index >= 15 is 0 Å². The fraction of sp³-hybridized carbons (Fsp3) is 0.125. The van der Waals surface area contributed by atoms with Gasteiger partial charge in [-0.25, -0.2) is 0 Å². The molecule has 0 aliphatic carbocycles. The lowest BCUT2D eigenvalue weighted by atomic mass is 10.2. The second-order valence-electron chi connectivity index (χ2n) is 1.92. The van der Waals surface area contributed by atoms with Crippen molar-refractivity contribution in [3.8, 4) is 5.75 Å². The zero-order chi connectivity index (χ0) is 6.69. The summed E-state index contributed by atoms with van der Waals surface area (Å²) in [5, 5.41) is 8.92. The lowest BCUT2D eigenvalue weighted by molar-refractivity contribution is 0.474. The highest BCUT2D eigenvalue weighted by atomic mass is 16.3. The van der Waals surface area contributed by atoms with Crippen LogP contribution in [0.15, 0.2) is 24.3 Å². The summed E-state index contributed by atoms with van der Waals surface area (Å²) in [6, 6.07) is 7.12. The molecule has 1 rings (SSSR count). The molecule has 0 saturated carbocycles. The molecule has 1 aromatic carbocycles. The maximum Gasteiger partial charge on any atom is 0.115 e. The lowest BCUT2D eigenvalue weighted by Gasteiger charge is -1.94. The number of rotatable bonds is 1. The highest BCUT2D eigenvalue weighted by molar-refractivity contribution is 5.27. The normalized spacial score (nSPS) is 9.44. The summed E-state index contributed by atoms with van der Waals surface area (Å²) in [6.45, 7) is 3.69. The molecular formula is C8H9O. The van der Waals surface area contributed by atoms with Crippen LogP contribution in [0, 0.1) is 6.92 Å². The first kappa shape index (κ1) is 6.14. The van der Waals surface area contributed by atoms with E-state index in [-0.39, 0.29) is 0 Å². The lowest BCUT2D eigenvalue weighted by Crippen LogP contribution is -1.76. The van der Waals surface area contributed by atoms with Crippen molar-refractivity contribution in [2.24, 2.45) is 0 Å². The van der Waals surface area contributed by atoms with Gasteiger partial charge in [0.1, 0.15) is 5.75 Å². The van der Waals surface area contributed by atoms with Gasteiger partial charge >= 0.3 is 0 Å². The van der Waals surface area contributed by atoms with Crippen LogP contribution in [-0.2, 0) is 6.42 Å². The summed E-state index contributed by atoms with van der Waals surface area (Å²) in [5.74, 6) is 0.316. The van der Waals surface area contributed by atoms with Crippen molar-refractivity contribution in [2.45, 2.75) is 6.42 Å². The second-order valence-corrected chi connectivity index (χ2v) is 1.92. The highest BCUT2D eigenvalue weighted by Gasteiger charge is 1.87. The maximum absolute atomic E-state index is 8.92. The molecule has 1 aromatic rings. The molecule has 0 amide bonds. The number of hydrogen-bond donors (Lipinski definition) is 1. The van der Waals surface area contributed by atoms with Crippen molar-refractivity contribution < 1.29 is 5.11 Å². The Labute approximate surface area is 55.0 Å². The minimum Gasteiger partial charge on any atom is -0.508 e. The van der Waals surface area contributed by atoms with Crippen molar-refractivity contribution in [1.29, 1.82) is 0 Å². The van der Waals surface area contributed by atoms with E-state index in [1.165, 1.54) is 0 Å². The molecule has 9 heavy (non-hydrogen) atoms. The van der Waals surface area contributed by atoms with Crippen LogP contribution in [0.2, 0.25) is 0 Å². The van der Waals surface area contributed by atoms with Crippen LogP contribution >= 0.6 is 0 Å². The second kappa shape index (κ2) is 2.53. The largest absolute Gasteiger partial charge is 0.508 e. The number of phenolic OH excluding ortho intramolecular Hbond substituents is 1. The third-order valence-electron chi connectivity index (χ3n) is 1.20. The molecule has 0 atom stereocenters. The Morgan fingerprint density at radius 3 is 2.67 bits per heavy atom. The Hall–Kier alpha value is -0.980. The van der Waals surface area contributed by atoms with Gasteiger partial charge in [-0.05, 0) is 31.0 Å². The first-order valence-corrected chi connectivity index (χ1v) is 2.90. The van der Waals surface area contributed by atoms with Crippen LogP contribution in [0.25, 0.3) is 0 Å². The van der Waals surface area contributed by atoms with Gasteiger partial charge in [0, 0.05) is 0 Å². The van der Waals surface area contributed by atoms with E-state index < -0.39 is 0 Å². The standard InChI is InChI=1S/C8H9O/c1-2-7-4-3-5-8(9)6-7/h3-6,9H,1-2H2.